The van der Waals surface area contributed by atoms with Gasteiger partial charge in [0.2, 0.25) is 0 Å². The minimum atomic E-state index is 0.477. The number of rotatable bonds is 17. The maximum atomic E-state index is 4.76. The lowest BCUT2D eigenvalue weighted by Crippen LogP contribution is -2.15. The van der Waals surface area contributed by atoms with E-state index in [9.17, 15) is 0 Å². The van der Waals surface area contributed by atoms with E-state index in [2.05, 4.69) is 25.3 Å². The Hall–Kier alpha value is 1.40. The van der Waals surface area contributed by atoms with Crippen molar-refractivity contribution in [2.75, 3.05) is 11.5 Å². The third-order valence-corrected chi connectivity index (χ3v) is 6.36. The SMILES string of the molecule is SCCCCCCCC[C@@H](S)[C@H](S)CCCCCCCCS. The molecule has 2 atom stereocenters. The molecule has 22 heavy (non-hydrogen) atoms. The van der Waals surface area contributed by atoms with Gasteiger partial charge in [0, 0.05) is 10.5 Å². The van der Waals surface area contributed by atoms with Crippen molar-refractivity contribution in [2.24, 2.45) is 0 Å². The molecule has 0 radical (unpaired) electrons. The number of hydrogen-bond acceptors (Lipinski definition) is 4. The van der Waals surface area contributed by atoms with Crippen molar-refractivity contribution < 1.29 is 0 Å². The van der Waals surface area contributed by atoms with Crippen LogP contribution in [0.15, 0.2) is 0 Å². The van der Waals surface area contributed by atoms with Crippen molar-refractivity contribution in [3.05, 3.63) is 0 Å². The van der Waals surface area contributed by atoms with Crippen LogP contribution < -0.4 is 0 Å². The fourth-order valence-corrected chi connectivity index (χ4v) is 3.84. The summed E-state index contributed by atoms with van der Waals surface area (Å²) in [5, 5.41) is 0.954. The van der Waals surface area contributed by atoms with E-state index < -0.39 is 0 Å². The quantitative estimate of drug-likeness (QED) is 0.152. The minimum Gasteiger partial charge on any atom is -0.179 e. The molecule has 0 saturated carbocycles. The molecule has 0 aromatic carbocycles. The smallest absolute Gasteiger partial charge is 0.0133 e. The summed E-state index contributed by atoms with van der Waals surface area (Å²) in [6.45, 7) is 0. The van der Waals surface area contributed by atoms with Gasteiger partial charge in [-0.2, -0.15) is 50.5 Å². The Morgan fingerprint density at radius 1 is 0.409 bits per heavy atom. The molecule has 0 aliphatic heterocycles. The van der Waals surface area contributed by atoms with E-state index in [0.29, 0.717) is 10.5 Å². The van der Waals surface area contributed by atoms with Crippen molar-refractivity contribution >= 4 is 50.5 Å². The topological polar surface area (TPSA) is 0 Å². The van der Waals surface area contributed by atoms with Crippen LogP contribution in [0.3, 0.4) is 0 Å². The van der Waals surface area contributed by atoms with Gasteiger partial charge in [-0.15, -0.1) is 0 Å². The molecule has 0 aromatic rings. The molecule has 0 nitrogen and oxygen atoms in total. The predicted octanol–water partition coefficient (Wildman–Crippen LogP) is 6.90. The first-order valence-corrected chi connectivity index (χ1v) is 11.6. The molecule has 0 spiro atoms. The molecule has 0 bridgehead atoms. The van der Waals surface area contributed by atoms with Crippen LogP contribution >= 0.6 is 50.5 Å². The van der Waals surface area contributed by atoms with Gasteiger partial charge in [-0.05, 0) is 37.2 Å². The van der Waals surface area contributed by atoms with Crippen LogP contribution in [-0.2, 0) is 0 Å². The molecule has 0 unspecified atom stereocenters. The average Bonchev–Trinajstić information content (AvgIpc) is 2.52. The zero-order valence-corrected chi connectivity index (χ0v) is 17.8. The highest BCUT2D eigenvalue weighted by Gasteiger charge is 2.13. The van der Waals surface area contributed by atoms with Gasteiger partial charge in [0.25, 0.3) is 0 Å². The van der Waals surface area contributed by atoms with E-state index in [1.54, 1.807) is 0 Å². The summed E-state index contributed by atoms with van der Waals surface area (Å²) in [6.07, 6.45) is 18.5. The Labute approximate surface area is 162 Å². The van der Waals surface area contributed by atoms with Gasteiger partial charge in [-0.25, -0.2) is 0 Å². The van der Waals surface area contributed by atoms with E-state index in [-0.39, 0.29) is 0 Å². The van der Waals surface area contributed by atoms with E-state index in [0.717, 1.165) is 11.5 Å². The maximum absolute atomic E-state index is 4.76. The Balaban J connectivity index is 3.33. The molecule has 0 N–H and O–H groups in total. The fraction of sp³-hybridized carbons (Fsp3) is 1.00. The first-order valence-electron chi connectivity index (χ1n) is 9.30. The van der Waals surface area contributed by atoms with Gasteiger partial charge in [-0.3, -0.25) is 0 Å². The zero-order chi connectivity index (χ0) is 16.5. The Bertz CT molecular complexity index is 189. The largest absolute Gasteiger partial charge is 0.179 e. The number of hydrogen-bond donors (Lipinski definition) is 4. The lowest BCUT2D eigenvalue weighted by atomic mass is 10.0. The van der Waals surface area contributed by atoms with Crippen molar-refractivity contribution in [3.63, 3.8) is 0 Å². The summed E-state index contributed by atoms with van der Waals surface area (Å²) in [5.41, 5.74) is 0. The second-order valence-corrected chi connectivity index (χ2v) is 8.62. The van der Waals surface area contributed by atoms with E-state index in [1.165, 1.54) is 89.9 Å². The summed E-state index contributed by atoms with van der Waals surface area (Å²) >= 11 is 18.0. The van der Waals surface area contributed by atoms with Gasteiger partial charge in [0.15, 0.2) is 0 Å². The van der Waals surface area contributed by atoms with Crippen molar-refractivity contribution in [1.82, 2.24) is 0 Å². The molecule has 0 rings (SSSR count). The van der Waals surface area contributed by atoms with E-state index in [1.807, 2.05) is 0 Å². The Morgan fingerprint density at radius 2 is 0.682 bits per heavy atom. The summed E-state index contributed by atoms with van der Waals surface area (Å²) in [5.74, 6) is 2.07. The molecule has 0 saturated heterocycles. The lowest BCUT2D eigenvalue weighted by Gasteiger charge is -2.18. The Morgan fingerprint density at radius 3 is 1.00 bits per heavy atom. The molecule has 0 fully saturated rings. The standard InChI is InChI=1S/C18H38S4/c19-15-11-7-3-1-5-9-13-17(21)18(22)14-10-6-2-4-8-12-16-20/h17-22H,1-16H2/t17-,18-/m1/s1. The average molecular weight is 383 g/mol. The second-order valence-electron chi connectivity index (χ2n) is 6.40. The van der Waals surface area contributed by atoms with E-state index >= 15 is 0 Å². The van der Waals surface area contributed by atoms with Crippen molar-refractivity contribution in [3.8, 4) is 0 Å². The second kappa shape index (κ2) is 18.7. The summed E-state index contributed by atoms with van der Waals surface area (Å²) in [4.78, 5) is 0. The highest BCUT2D eigenvalue weighted by Crippen LogP contribution is 2.22. The van der Waals surface area contributed by atoms with Gasteiger partial charge >= 0.3 is 0 Å². The van der Waals surface area contributed by atoms with Crippen molar-refractivity contribution in [2.45, 2.75) is 100 Å². The molecule has 0 heterocycles. The van der Waals surface area contributed by atoms with Crippen LogP contribution in [0.4, 0.5) is 0 Å². The molecular weight excluding hydrogens is 344 g/mol. The van der Waals surface area contributed by atoms with Crippen LogP contribution in [-0.4, -0.2) is 22.0 Å². The van der Waals surface area contributed by atoms with Crippen LogP contribution in [0.1, 0.15) is 89.9 Å². The third-order valence-electron chi connectivity index (χ3n) is 4.26. The van der Waals surface area contributed by atoms with Gasteiger partial charge in [0.1, 0.15) is 0 Å². The van der Waals surface area contributed by atoms with Crippen LogP contribution in [0.5, 0.6) is 0 Å². The summed E-state index contributed by atoms with van der Waals surface area (Å²) in [6, 6.07) is 0. The minimum absolute atomic E-state index is 0.477. The predicted molar refractivity (Wildman–Crippen MR) is 118 cm³/mol. The molecule has 134 valence electrons. The highest BCUT2D eigenvalue weighted by atomic mass is 32.1. The number of unbranched alkanes of at least 4 members (excludes halogenated alkanes) is 10. The molecule has 0 aliphatic carbocycles. The van der Waals surface area contributed by atoms with Crippen LogP contribution in [0, 0.1) is 0 Å². The van der Waals surface area contributed by atoms with Gasteiger partial charge in [-0.1, -0.05) is 64.2 Å². The molecular formula is C18H38S4. The molecule has 0 amide bonds. The molecule has 0 aromatic heterocycles. The normalized spacial score (nSPS) is 14.2. The van der Waals surface area contributed by atoms with Gasteiger partial charge in [0.05, 0.1) is 0 Å². The maximum Gasteiger partial charge on any atom is 0.0133 e. The van der Waals surface area contributed by atoms with Crippen LogP contribution in [0.2, 0.25) is 0 Å². The van der Waals surface area contributed by atoms with Crippen LogP contribution in [0.25, 0.3) is 0 Å². The monoisotopic (exact) mass is 382 g/mol. The fourth-order valence-electron chi connectivity index (χ4n) is 2.73. The molecule has 0 aliphatic rings. The zero-order valence-electron chi connectivity index (χ0n) is 14.3. The third kappa shape index (κ3) is 16.3. The Kier molecular flexibility index (Phi) is 19.9. The molecule has 4 heteroatoms. The first kappa shape index (κ1) is 23.4. The number of thiol groups is 4. The first-order chi connectivity index (χ1) is 10.7. The lowest BCUT2D eigenvalue weighted by molar-refractivity contribution is 0.548. The summed E-state index contributed by atoms with van der Waals surface area (Å²) in [7, 11) is 0. The summed E-state index contributed by atoms with van der Waals surface area (Å²) < 4.78 is 0. The van der Waals surface area contributed by atoms with Crippen molar-refractivity contribution in [1.29, 1.82) is 0 Å². The highest BCUT2D eigenvalue weighted by molar-refractivity contribution is 7.85. The van der Waals surface area contributed by atoms with Gasteiger partial charge < -0.3 is 0 Å². The van der Waals surface area contributed by atoms with E-state index in [4.69, 9.17) is 25.3 Å².